The van der Waals surface area contributed by atoms with Crippen LogP contribution in [0, 0.1) is 17.8 Å². The maximum Gasteiger partial charge on any atom is 0.407 e. The lowest BCUT2D eigenvalue weighted by molar-refractivity contribution is -0.139. The van der Waals surface area contributed by atoms with E-state index < -0.39 is 12.1 Å². The third-order valence-corrected chi connectivity index (χ3v) is 7.49. The Kier molecular flexibility index (Phi) is 6.26. The summed E-state index contributed by atoms with van der Waals surface area (Å²) < 4.78 is 5.65. The van der Waals surface area contributed by atoms with Gasteiger partial charge in [-0.1, -0.05) is 55.0 Å². The van der Waals surface area contributed by atoms with Crippen LogP contribution in [0.4, 0.5) is 4.79 Å². The van der Waals surface area contributed by atoms with Gasteiger partial charge >= 0.3 is 12.1 Å². The van der Waals surface area contributed by atoms with Crippen LogP contribution in [0.15, 0.2) is 48.5 Å². The molecule has 2 aromatic rings. The van der Waals surface area contributed by atoms with Crippen molar-refractivity contribution >= 4 is 18.0 Å². The standard InChI is InChI=1S/C27H30N2O5/c30-25(28-14-17-13-23(17)26(31)32)16-6-5-7-18(12-16)29-27(33)34-15-24-21-10-3-1-8-19(21)20-9-2-4-11-22(20)24/h1-4,8-11,16-18,23-24H,5-7,12-15H2,(H,28,30)(H,29,33)(H,31,32)/t16-,17?,18-,23?/m1/s1. The molecule has 3 aliphatic rings. The number of hydrogen-bond donors (Lipinski definition) is 3. The molecule has 0 bridgehead atoms. The number of rotatable bonds is 7. The van der Waals surface area contributed by atoms with E-state index in [1.165, 1.54) is 22.3 Å². The second-order valence-corrected chi connectivity index (χ2v) is 9.72. The summed E-state index contributed by atoms with van der Waals surface area (Å²) in [5.41, 5.74) is 4.72. The maximum atomic E-state index is 12.6. The van der Waals surface area contributed by atoms with Gasteiger partial charge < -0.3 is 20.5 Å². The van der Waals surface area contributed by atoms with E-state index in [1.807, 2.05) is 24.3 Å². The molecule has 178 valence electrons. The summed E-state index contributed by atoms with van der Waals surface area (Å²) in [6.07, 6.45) is 3.21. The first kappa shape index (κ1) is 22.4. The lowest BCUT2D eigenvalue weighted by Gasteiger charge is -2.29. The number of fused-ring (bicyclic) bond motifs is 3. The Bertz CT molecular complexity index is 1050. The second kappa shape index (κ2) is 9.49. The number of hydrogen-bond acceptors (Lipinski definition) is 4. The number of carbonyl (C=O) groups excluding carboxylic acids is 2. The number of carboxylic acid groups (broad SMARTS) is 1. The molecule has 4 atom stereocenters. The molecule has 2 amide bonds. The molecular weight excluding hydrogens is 432 g/mol. The van der Waals surface area contributed by atoms with Gasteiger partial charge in [-0.3, -0.25) is 9.59 Å². The van der Waals surface area contributed by atoms with Crippen molar-refractivity contribution in [2.75, 3.05) is 13.2 Å². The fraction of sp³-hybridized carbons (Fsp3) is 0.444. The molecule has 2 saturated carbocycles. The van der Waals surface area contributed by atoms with Gasteiger partial charge in [0, 0.05) is 24.4 Å². The summed E-state index contributed by atoms with van der Waals surface area (Å²) >= 11 is 0. The van der Waals surface area contributed by atoms with Crippen LogP contribution in [0.25, 0.3) is 11.1 Å². The Morgan fingerprint density at radius 3 is 2.26 bits per heavy atom. The van der Waals surface area contributed by atoms with Crippen LogP contribution in [-0.2, 0) is 14.3 Å². The maximum absolute atomic E-state index is 12.6. The van der Waals surface area contributed by atoms with Crippen LogP contribution < -0.4 is 10.6 Å². The lowest BCUT2D eigenvalue weighted by Crippen LogP contribution is -2.43. The molecule has 0 spiro atoms. The average molecular weight is 463 g/mol. The zero-order valence-corrected chi connectivity index (χ0v) is 19.0. The van der Waals surface area contributed by atoms with Crippen molar-refractivity contribution in [3.63, 3.8) is 0 Å². The highest BCUT2D eigenvalue weighted by molar-refractivity contribution is 5.80. The minimum Gasteiger partial charge on any atom is -0.481 e. The Hall–Kier alpha value is -3.35. The molecule has 2 unspecified atom stereocenters. The Morgan fingerprint density at radius 1 is 0.941 bits per heavy atom. The third kappa shape index (κ3) is 4.65. The first-order valence-electron chi connectivity index (χ1n) is 12.1. The minimum absolute atomic E-state index is 0.0140. The molecule has 3 N–H and O–H groups in total. The van der Waals surface area contributed by atoms with E-state index in [4.69, 9.17) is 9.84 Å². The van der Waals surface area contributed by atoms with Crippen LogP contribution in [-0.4, -0.2) is 42.3 Å². The zero-order valence-electron chi connectivity index (χ0n) is 19.0. The predicted molar refractivity (Wildman–Crippen MR) is 126 cm³/mol. The van der Waals surface area contributed by atoms with Gasteiger partial charge in [0.25, 0.3) is 0 Å². The average Bonchev–Trinajstić information content (AvgIpc) is 3.57. The molecule has 2 aromatic carbocycles. The van der Waals surface area contributed by atoms with E-state index in [9.17, 15) is 14.4 Å². The second-order valence-electron chi connectivity index (χ2n) is 9.72. The number of aliphatic carboxylic acids is 1. The lowest BCUT2D eigenvalue weighted by atomic mass is 9.85. The highest BCUT2D eigenvalue weighted by Gasteiger charge is 2.43. The summed E-state index contributed by atoms with van der Waals surface area (Å²) in [5.74, 6) is -1.27. The van der Waals surface area contributed by atoms with Crippen molar-refractivity contribution in [1.82, 2.24) is 10.6 Å². The van der Waals surface area contributed by atoms with E-state index in [-0.39, 0.29) is 42.2 Å². The van der Waals surface area contributed by atoms with Gasteiger partial charge in [0.15, 0.2) is 0 Å². The number of nitrogens with one attached hydrogen (secondary N) is 2. The first-order chi connectivity index (χ1) is 16.5. The summed E-state index contributed by atoms with van der Waals surface area (Å²) in [5, 5.41) is 14.9. The van der Waals surface area contributed by atoms with Gasteiger partial charge in [-0.05, 0) is 53.9 Å². The highest BCUT2D eigenvalue weighted by Crippen LogP contribution is 2.44. The van der Waals surface area contributed by atoms with Crippen LogP contribution >= 0.6 is 0 Å². The van der Waals surface area contributed by atoms with E-state index in [2.05, 4.69) is 34.9 Å². The van der Waals surface area contributed by atoms with Crippen molar-refractivity contribution in [2.24, 2.45) is 17.8 Å². The molecule has 0 heterocycles. The molecule has 3 aliphatic carbocycles. The van der Waals surface area contributed by atoms with Gasteiger partial charge in [0.2, 0.25) is 5.91 Å². The minimum atomic E-state index is -0.788. The molecule has 0 saturated heterocycles. The molecule has 0 aromatic heterocycles. The highest BCUT2D eigenvalue weighted by atomic mass is 16.5. The fourth-order valence-corrected chi connectivity index (χ4v) is 5.52. The molecule has 0 radical (unpaired) electrons. The smallest absolute Gasteiger partial charge is 0.407 e. The van der Waals surface area contributed by atoms with Crippen LogP contribution in [0.1, 0.15) is 49.1 Å². The Balaban J connectivity index is 1.11. The molecule has 2 fully saturated rings. The normalized spacial score (nSPS) is 25.1. The summed E-state index contributed by atoms with van der Waals surface area (Å²) in [6.45, 7) is 0.680. The molecular formula is C27H30N2O5. The number of carboxylic acids is 1. The Morgan fingerprint density at radius 2 is 1.62 bits per heavy atom. The summed E-state index contributed by atoms with van der Waals surface area (Å²) in [6, 6.07) is 16.4. The van der Waals surface area contributed by atoms with Gasteiger partial charge in [0.1, 0.15) is 6.61 Å². The van der Waals surface area contributed by atoms with E-state index in [0.717, 1.165) is 19.3 Å². The number of carbonyl (C=O) groups is 3. The monoisotopic (exact) mass is 462 g/mol. The topological polar surface area (TPSA) is 105 Å². The molecule has 7 nitrogen and oxygen atoms in total. The molecule has 0 aliphatic heterocycles. The number of ether oxygens (including phenoxy) is 1. The van der Waals surface area contributed by atoms with E-state index in [1.54, 1.807) is 0 Å². The third-order valence-electron chi connectivity index (χ3n) is 7.49. The molecule has 34 heavy (non-hydrogen) atoms. The van der Waals surface area contributed by atoms with Crippen LogP contribution in [0.2, 0.25) is 0 Å². The predicted octanol–water partition coefficient (Wildman–Crippen LogP) is 3.92. The van der Waals surface area contributed by atoms with Gasteiger partial charge in [-0.2, -0.15) is 0 Å². The summed E-state index contributed by atoms with van der Waals surface area (Å²) in [4.78, 5) is 36.1. The quantitative estimate of drug-likeness (QED) is 0.579. The van der Waals surface area contributed by atoms with Crippen molar-refractivity contribution in [2.45, 2.75) is 44.1 Å². The summed E-state index contributed by atoms with van der Waals surface area (Å²) in [7, 11) is 0. The van der Waals surface area contributed by atoms with E-state index >= 15 is 0 Å². The SMILES string of the molecule is O=C(N[C@@H]1CCC[C@@H](C(=O)NCC2CC2C(=O)O)C1)OCC1c2ccccc2-c2ccccc21. The number of amides is 2. The molecule has 5 rings (SSSR count). The Labute approximate surface area is 198 Å². The van der Waals surface area contributed by atoms with Crippen molar-refractivity contribution in [1.29, 1.82) is 0 Å². The van der Waals surface area contributed by atoms with Crippen LogP contribution in [0.3, 0.4) is 0 Å². The number of alkyl carbamates (subject to hydrolysis) is 1. The fourth-order valence-electron chi connectivity index (χ4n) is 5.52. The van der Waals surface area contributed by atoms with Crippen molar-refractivity contribution < 1.29 is 24.2 Å². The zero-order chi connectivity index (χ0) is 23.7. The first-order valence-corrected chi connectivity index (χ1v) is 12.1. The van der Waals surface area contributed by atoms with Crippen molar-refractivity contribution in [3.05, 3.63) is 59.7 Å². The van der Waals surface area contributed by atoms with Gasteiger partial charge in [-0.25, -0.2) is 4.79 Å². The van der Waals surface area contributed by atoms with Gasteiger partial charge in [0.05, 0.1) is 5.92 Å². The number of benzene rings is 2. The molecule has 7 heteroatoms. The van der Waals surface area contributed by atoms with Crippen LogP contribution in [0.5, 0.6) is 0 Å². The van der Waals surface area contributed by atoms with Gasteiger partial charge in [-0.15, -0.1) is 0 Å². The largest absolute Gasteiger partial charge is 0.481 e. The van der Waals surface area contributed by atoms with E-state index in [0.29, 0.717) is 19.4 Å². The van der Waals surface area contributed by atoms with Crippen molar-refractivity contribution in [3.8, 4) is 11.1 Å².